The van der Waals surface area contributed by atoms with Crippen LogP contribution in [0.4, 0.5) is 0 Å². The predicted octanol–water partition coefficient (Wildman–Crippen LogP) is 2.56. The van der Waals surface area contributed by atoms with Gasteiger partial charge in [0.2, 0.25) is 0 Å². The van der Waals surface area contributed by atoms with Crippen LogP contribution in [-0.4, -0.2) is 0 Å². The molecule has 0 heterocycles. The van der Waals surface area contributed by atoms with E-state index < -0.39 is 0 Å². The minimum atomic E-state index is 0. The van der Waals surface area contributed by atoms with E-state index in [1.54, 1.807) is 0 Å². The molecule has 0 saturated heterocycles. The quantitative estimate of drug-likeness (QED) is 0.352. The molecule has 0 spiro atoms. The van der Waals surface area contributed by atoms with Gasteiger partial charge in [-0.15, -0.1) is 17.7 Å². The molecule has 0 saturated carbocycles. The molecule has 0 atom stereocenters. The third-order valence-electron chi connectivity index (χ3n) is 3.42. The fourth-order valence-corrected chi connectivity index (χ4v) is 2.25. The molecule has 18 heavy (non-hydrogen) atoms. The van der Waals surface area contributed by atoms with E-state index in [1.807, 2.05) is 0 Å². The summed E-state index contributed by atoms with van der Waals surface area (Å²) < 4.78 is 0. The normalized spacial score (nSPS) is 10.1. The maximum atomic E-state index is 4.07. The summed E-state index contributed by atoms with van der Waals surface area (Å²) in [7, 11) is 0. The van der Waals surface area contributed by atoms with Crippen LogP contribution in [0.2, 0.25) is 0 Å². The Hall–Kier alpha value is -0.313. The first-order valence-electron chi connectivity index (χ1n) is 7.24. The molecule has 1 heteroatoms. The molecule has 0 nitrogen and oxygen atoms in total. The van der Waals surface area contributed by atoms with E-state index in [-0.39, 0.29) is 18.9 Å². The van der Waals surface area contributed by atoms with Crippen LogP contribution in [0.5, 0.6) is 0 Å². The van der Waals surface area contributed by atoms with E-state index in [9.17, 15) is 0 Å². The first-order chi connectivity index (χ1) is 8.34. The maximum absolute atomic E-state index is 4.07. The standard InChI is InChI=1S/C17H27.Li/c1-3-4-5-6-7-8-9-10-14-17-15-12-11-13-16(17)2;/h11-13,15H,2-10,14H2,1H3;/q-1;+1. The molecule has 1 aromatic rings. The Balaban J connectivity index is 0.00000289. The molecule has 0 bridgehead atoms. The number of hydrogen-bond donors (Lipinski definition) is 0. The van der Waals surface area contributed by atoms with Gasteiger partial charge in [-0.1, -0.05) is 70.8 Å². The van der Waals surface area contributed by atoms with Crippen LogP contribution in [0.25, 0.3) is 0 Å². The summed E-state index contributed by atoms with van der Waals surface area (Å²) >= 11 is 0. The van der Waals surface area contributed by atoms with E-state index in [1.165, 1.54) is 68.9 Å². The largest absolute Gasteiger partial charge is 1.00 e. The van der Waals surface area contributed by atoms with Gasteiger partial charge in [0.25, 0.3) is 0 Å². The average Bonchev–Trinajstić information content (AvgIpc) is 2.35. The first-order valence-corrected chi connectivity index (χ1v) is 7.24. The van der Waals surface area contributed by atoms with Crippen molar-refractivity contribution in [1.29, 1.82) is 0 Å². The van der Waals surface area contributed by atoms with E-state index >= 15 is 0 Å². The molecule has 0 radical (unpaired) electrons. The SMILES string of the molecule is [CH2-]c1ccccc1CCCCCCCCCC.[Li+]. The van der Waals surface area contributed by atoms with Crippen LogP contribution >= 0.6 is 0 Å². The van der Waals surface area contributed by atoms with Crippen molar-refractivity contribution in [3.8, 4) is 0 Å². The summed E-state index contributed by atoms with van der Waals surface area (Å²) in [6.07, 6.45) is 12.3. The Kier molecular flexibility index (Phi) is 11.6. The van der Waals surface area contributed by atoms with E-state index in [0.29, 0.717) is 0 Å². The van der Waals surface area contributed by atoms with Gasteiger partial charge in [-0.3, -0.25) is 0 Å². The van der Waals surface area contributed by atoms with Gasteiger partial charge in [-0.2, -0.15) is 18.6 Å². The van der Waals surface area contributed by atoms with Gasteiger partial charge in [0.05, 0.1) is 0 Å². The van der Waals surface area contributed by atoms with Gasteiger partial charge in [-0.25, -0.2) is 0 Å². The fourth-order valence-electron chi connectivity index (χ4n) is 2.25. The summed E-state index contributed by atoms with van der Waals surface area (Å²) in [6, 6.07) is 8.51. The molecule has 1 rings (SSSR count). The Labute approximate surface area is 126 Å². The van der Waals surface area contributed by atoms with Crippen molar-refractivity contribution in [1.82, 2.24) is 0 Å². The zero-order valence-corrected chi connectivity index (χ0v) is 12.4. The number of hydrogen-bond acceptors (Lipinski definition) is 0. The van der Waals surface area contributed by atoms with Gasteiger partial charge in [0, 0.05) is 0 Å². The maximum Gasteiger partial charge on any atom is 1.00 e. The summed E-state index contributed by atoms with van der Waals surface area (Å²) in [5, 5.41) is 0. The summed E-state index contributed by atoms with van der Waals surface area (Å²) in [4.78, 5) is 0. The first kappa shape index (κ1) is 17.7. The second kappa shape index (κ2) is 11.8. The molecule has 0 N–H and O–H groups in total. The minimum absolute atomic E-state index is 0. The smallest absolute Gasteiger partial charge is 0.198 e. The minimum Gasteiger partial charge on any atom is -0.198 e. The van der Waals surface area contributed by atoms with Crippen molar-refractivity contribution < 1.29 is 18.9 Å². The predicted molar refractivity (Wildman–Crippen MR) is 77.2 cm³/mol. The van der Waals surface area contributed by atoms with Gasteiger partial charge in [-0.05, 0) is 0 Å². The zero-order chi connectivity index (χ0) is 12.3. The molecule has 1 aromatic carbocycles. The third-order valence-corrected chi connectivity index (χ3v) is 3.42. The molecule has 0 aromatic heterocycles. The summed E-state index contributed by atoms with van der Waals surface area (Å²) in [6.45, 7) is 6.34. The van der Waals surface area contributed by atoms with Crippen molar-refractivity contribution in [3.05, 3.63) is 42.3 Å². The van der Waals surface area contributed by atoms with Crippen molar-refractivity contribution in [2.75, 3.05) is 0 Å². The molecule has 0 amide bonds. The average molecular weight is 238 g/mol. The van der Waals surface area contributed by atoms with Crippen molar-refractivity contribution >= 4 is 0 Å². The van der Waals surface area contributed by atoms with Crippen molar-refractivity contribution in [2.24, 2.45) is 0 Å². The molecule has 0 fully saturated rings. The van der Waals surface area contributed by atoms with Crippen LogP contribution in [0.15, 0.2) is 24.3 Å². The Morgan fingerprint density at radius 3 is 2.00 bits per heavy atom. The molecule has 0 unspecified atom stereocenters. The Morgan fingerprint density at radius 2 is 1.39 bits per heavy atom. The molecule has 0 aliphatic heterocycles. The Bertz CT molecular complexity index is 293. The zero-order valence-electron chi connectivity index (χ0n) is 12.4. The van der Waals surface area contributed by atoms with Gasteiger partial charge >= 0.3 is 18.9 Å². The van der Waals surface area contributed by atoms with Crippen LogP contribution < -0.4 is 18.9 Å². The molecule has 96 valence electrons. The van der Waals surface area contributed by atoms with E-state index in [4.69, 9.17) is 0 Å². The number of aryl methyl sites for hydroxylation is 1. The number of benzene rings is 1. The van der Waals surface area contributed by atoms with Crippen LogP contribution in [0.3, 0.4) is 0 Å². The monoisotopic (exact) mass is 238 g/mol. The summed E-state index contributed by atoms with van der Waals surface area (Å²) in [5.74, 6) is 0. The number of rotatable bonds is 9. The Morgan fingerprint density at radius 1 is 0.833 bits per heavy atom. The van der Waals surface area contributed by atoms with E-state index in [2.05, 4.69) is 38.1 Å². The second-order valence-corrected chi connectivity index (χ2v) is 4.99. The van der Waals surface area contributed by atoms with Gasteiger partial charge in [0.15, 0.2) is 0 Å². The van der Waals surface area contributed by atoms with Gasteiger partial charge < -0.3 is 0 Å². The van der Waals surface area contributed by atoms with E-state index in [0.717, 1.165) is 0 Å². The topological polar surface area (TPSA) is 0 Å². The molecular weight excluding hydrogens is 211 g/mol. The molecule has 0 aliphatic rings. The third kappa shape index (κ3) is 7.91. The van der Waals surface area contributed by atoms with Crippen LogP contribution in [0.1, 0.15) is 69.4 Å². The molecular formula is C17H27Li. The van der Waals surface area contributed by atoms with Crippen molar-refractivity contribution in [2.45, 2.75) is 64.7 Å². The molecule has 0 aliphatic carbocycles. The second-order valence-electron chi connectivity index (χ2n) is 4.99. The summed E-state index contributed by atoms with van der Waals surface area (Å²) in [5.41, 5.74) is 2.63. The van der Waals surface area contributed by atoms with Crippen molar-refractivity contribution in [3.63, 3.8) is 0 Å². The fraction of sp³-hybridized carbons (Fsp3) is 0.588. The van der Waals surface area contributed by atoms with Crippen LogP contribution in [0, 0.1) is 6.92 Å². The van der Waals surface area contributed by atoms with Crippen LogP contribution in [-0.2, 0) is 6.42 Å². The van der Waals surface area contributed by atoms with Gasteiger partial charge in [0.1, 0.15) is 0 Å². The number of unbranched alkanes of at least 4 members (excludes halogenated alkanes) is 7.